The lowest BCUT2D eigenvalue weighted by molar-refractivity contribution is -0.124. The quantitative estimate of drug-likeness (QED) is 0.850. The number of hydrogen-bond acceptors (Lipinski definition) is 1. The SMILES string of the molecule is CC(CBr)CNC(=O)C1Cc2ccccc2C1. The second-order valence-corrected chi connectivity index (χ2v) is 5.53. The average molecular weight is 296 g/mol. The van der Waals surface area contributed by atoms with Crippen LogP contribution in [0.1, 0.15) is 18.1 Å². The standard InChI is InChI=1S/C14H18BrNO/c1-10(8-15)9-16-14(17)13-6-11-4-2-3-5-12(11)7-13/h2-5,10,13H,6-9H2,1H3,(H,16,17). The lowest BCUT2D eigenvalue weighted by atomic mass is 10.1. The first-order chi connectivity index (χ1) is 8.20. The molecule has 92 valence electrons. The van der Waals surface area contributed by atoms with Crippen LogP contribution in [0.15, 0.2) is 24.3 Å². The van der Waals surface area contributed by atoms with Gasteiger partial charge in [0, 0.05) is 17.8 Å². The first-order valence-electron chi connectivity index (χ1n) is 6.11. The van der Waals surface area contributed by atoms with Gasteiger partial charge in [-0.05, 0) is 29.9 Å². The predicted molar refractivity (Wildman–Crippen MR) is 73.3 cm³/mol. The largest absolute Gasteiger partial charge is 0.356 e. The zero-order valence-corrected chi connectivity index (χ0v) is 11.7. The number of benzene rings is 1. The van der Waals surface area contributed by atoms with Gasteiger partial charge in [0.25, 0.3) is 0 Å². The van der Waals surface area contributed by atoms with Crippen LogP contribution in [0.5, 0.6) is 0 Å². The van der Waals surface area contributed by atoms with Crippen molar-refractivity contribution in [1.82, 2.24) is 5.32 Å². The molecular formula is C14H18BrNO. The molecule has 0 aromatic heterocycles. The van der Waals surface area contributed by atoms with Crippen molar-refractivity contribution in [3.8, 4) is 0 Å². The van der Waals surface area contributed by atoms with Gasteiger partial charge in [-0.15, -0.1) is 0 Å². The van der Waals surface area contributed by atoms with Crippen molar-refractivity contribution >= 4 is 21.8 Å². The van der Waals surface area contributed by atoms with E-state index in [4.69, 9.17) is 0 Å². The zero-order valence-electron chi connectivity index (χ0n) is 10.1. The molecule has 2 nitrogen and oxygen atoms in total. The smallest absolute Gasteiger partial charge is 0.223 e. The molecule has 1 aliphatic rings. The van der Waals surface area contributed by atoms with E-state index in [-0.39, 0.29) is 11.8 Å². The monoisotopic (exact) mass is 295 g/mol. The van der Waals surface area contributed by atoms with Gasteiger partial charge >= 0.3 is 0 Å². The lowest BCUT2D eigenvalue weighted by Gasteiger charge is -2.13. The minimum Gasteiger partial charge on any atom is -0.356 e. The van der Waals surface area contributed by atoms with Crippen LogP contribution in [0.3, 0.4) is 0 Å². The third-order valence-corrected chi connectivity index (χ3v) is 4.42. The fraction of sp³-hybridized carbons (Fsp3) is 0.500. The highest BCUT2D eigenvalue weighted by Gasteiger charge is 2.26. The molecule has 2 rings (SSSR count). The molecule has 1 unspecified atom stereocenters. The lowest BCUT2D eigenvalue weighted by Crippen LogP contribution is -2.34. The topological polar surface area (TPSA) is 29.1 Å². The highest BCUT2D eigenvalue weighted by molar-refractivity contribution is 9.09. The minimum absolute atomic E-state index is 0.134. The molecular weight excluding hydrogens is 278 g/mol. The molecule has 0 heterocycles. The molecule has 17 heavy (non-hydrogen) atoms. The zero-order chi connectivity index (χ0) is 12.3. The van der Waals surface area contributed by atoms with Crippen LogP contribution in [0.2, 0.25) is 0 Å². The van der Waals surface area contributed by atoms with Crippen LogP contribution in [0.25, 0.3) is 0 Å². The van der Waals surface area contributed by atoms with Crippen molar-refractivity contribution in [1.29, 1.82) is 0 Å². The molecule has 1 N–H and O–H groups in total. The van der Waals surface area contributed by atoms with E-state index in [1.807, 2.05) is 12.1 Å². The molecule has 1 aromatic carbocycles. The number of rotatable bonds is 4. The minimum atomic E-state index is 0.134. The molecule has 0 fully saturated rings. The van der Waals surface area contributed by atoms with Crippen LogP contribution in [0.4, 0.5) is 0 Å². The summed E-state index contributed by atoms with van der Waals surface area (Å²) in [6.07, 6.45) is 1.79. The van der Waals surface area contributed by atoms with Crippen molar-refractivity contribution < 1.29 is 4.79 Å². The van der Waals surface area contributed by atoms with Gasteiger partial charge in [0.1, 0.15) is 0 Å². The summed E-state index contributed by atoms with van der Waals surface area (Å²) < 4.78 is 0. The number of hydrogen-bond donors (Lipinski definition) is 1. The van der Waals surface area contributed by atoms with Crippen LogP contribution < -0.4 is 5.32 Å². The molecule has 0 radical (unpaired) electrons. The maximum Gasteiger partial charge on any atom is 0.223 e. The van der Waals surface area contributed by atoms with E-state index in [1.165, 1.54) is 11.1 Å². The number of nitrogens with one attached hydrogen (secondary N) is 1. The molecule has 1 aromatic rings. The summed E-state index contributed by atoms with van der Waals surface area (Å²) in [6.45, 7) is 2.88. The second kappa shape index (κ2) is 5.67. The van der Waals surface area contributed by atoms with Gasteiger partial charge < -0.3 is 5.32 Å². The van der Waals surface area contributed by atoms with Crippen molar-refractivity contribution in [3.05, 3.63) is 35.4 Å². The summed E-state index contributed by atoms with van der Waals surface area (Å²) in [4.78, 5) is 12.0. The Morgan fingerprint density at radius 3 is 2.53 bits per heavy atom. The maximum atomic E-state index is 12.0. The van der Waals surface area contributed by atoms with Gasteiger partial charge in [-0.25, -0.2) is 0 Å². The molecule has 1 aliphatic carbocycles. The summed E-state index contributed by atoms with van der Waals surface area (Å²) in [5.74, 6) is 0.826. The van der Waals surface area contributed by atoms with Crippen LogP contribution in [-0.2, 0) is 17.6 Å². The van der Waals surface area contributed by atoms with Gasteiger partial charge in [0.15, 0.2) is 0 Å². The summed E-state index contributed by atoms with van der Waals surface area (Å²) in [5, 5.41) is 3.97. The van der Waals surface area contributed by atoms with Gasteiger partial charge in [0.05, 0.1) is 0 Å². The Balaban J connectivity index is 1.88. The average Bonchev–Trinajstić information content (AvgIpc) is 2.79. The summed E-state index contributed by atoms with van der Waals surface area (Å²) in [7, 11) is 0. The van der Waals surface area contributed by atoms with Gasteiger partial charge in [-0.2, -0.15) is 0 Å². The van der Waals surface area contributed by atoms with E-state index in [0.29, 0.717) is 5.92 Å². The molecule has 1 amide bonds. The number of amides is 1. The molecule has 0 aliphatic heterocycles. The first kappa shape index (κ1) is 12.6. The molecule has 0 saturated heterocycles. The fourth-order valence-corrected chi connectivity index (χ4v) is 2.45. The van der Waals surface area contributed by atoms with Gasteiger partial charge in [-0.3, -0.25) is 4.79 Å². The highest BCUT2D eigenvalue weighted by atomic mass is 79.9. The molecule has 0 bridgehead atoms. The highest BCUT2D eigenvalue weighted by Crippen LogP contribution is 2.26. The number of fused-ring (bicyclic) bond motifs is 1. The van der Waals surface area contributed by atoms with Crippen LogP contribution in [-0.4, -0.2) is 17.8 Å². The van der Waals surface area contributed by atoms with Crippen LogP contribution in [0, 0.1) is 11.8 Å². The second-order valence-electron chi connectivity index (χ2n) is 4.88. The van der Waals surface area contributed by atoms with Crippen molar-refractivity contribution in [2.24, 2.45) is 11.8 Å². The summed E-state index contributed by atoms with van der Waals surface area (Å²) in [5.41, 5.74) is 2.67. The van der Waals surface area contributed by atoms with Crippen molar-refractivity contribution in [2.75, 3.05) is 11.9 Å². The Kier molecular flexibility index (Phi) is 4.21. The Morgan fingerprint density at radius 2 is 2.00 bits per heavy atom. The van der Waals surface area contributed by atoms with E-state index in [1.54, 1.807) is 0 Å². The van der Waals surface area contributed by atoms with E-state index in [0.717, 1.165) is 24.7 Å². The molecule has 1 atom stereocenters. The Labute approximate surface area is 111 Å². The molecule has 0 saturated carbocycles. The third-order valence-electron chi connectivity index (χ3n) is 3.31. The Hall–Kier alpha value is -0.830. The summed E-state index contributed by atoms with van der Waals surface area (Å²) in [6, 6.07) is 8.35. The normalized spacial score (nSPS) is 16.6. The molecule has 3 heteroatoms. The number of halogens is 1. The fourth-order valence-electron chi connectivity index (χ4n) is 2.22. The molecule has 0 spiro atoms. The first-order valence-corrected chi connectivity index (χ1v) is 7.23. The number of alkyl halides is 1. The van der Waals surface area contributed by atoms with Crippen molar-refractivity contribution in [2.45, 2.75) is 19.8 Å². The summed E-state index contributed by atoms with van der Waals surface area (Å²) >= 11 is 3.42. The number of carbonyl (C=O) groups excluding carboxylic acids is 1. The predicted octanol–water partition coefficient (Wildman–Crippen LogP) is 2.55. The van der Waals surface area contributed by atoms with E-state index < -0.39 is 0 Å². The number of carbonyl (C=O) groups is 1. The Bertz CT molecular complexity index is 380. The van der Waals surface area contributed by atoms with E-state index in [2.05, 4.69) is 40.3 Å². The van der Waals surface area contributed by atoms with E-state index >= 15 is 0 Å². The van der Waals surface area contributed by atoms with Gasteiger partial charge in [-0.1, -0.05) is 47.1 Å². The van der Waals surface area contributed by atoms with Gasteiger partial charge in [0.2, 0.25) is 5.91 Å². The van der Waals surface area contributed by atoms with E-state index in [9.17, 15) is 4.79 Å². The maximum absolute atomic E-state index is 12.0. The third kappa shape index (κ3) is 3.09. The van der Waals surface area contributed by atoms with Crippen LogP contribution >= 0.6 is 15.9 Å². The Morgan fingerprint density at radius 1 is 1.41 bits per heavy atom. The van der Waals surface area contributed by atoms with Crippen molar-refractivity contribution in [3.63, 3.8) is 0 Å².